The number of rotatable bonds is 6. The molecule has 14 heavy (non-hydrogen) atoms. The highest BCUT2D eigenvalue weighted by Gasteiger charge is 2.49. The Morgan fingerprint density at radius 1 is 1.36 bits per heavy atom. The second-order valence-electron chi connectivity index (χ2n) is 5.75. The van der Waals surface area contributed by atoms with Gasteiger partial charge in [0.15, 0.2) is 0 Å². The summed E-state index contributed by atoms with van der Waals surface area (Å²) in [6, 6.07) is 0. The van der Waals surface area contributed by atoms with Crippen LogP contribution in [0.4, 0.5) is 0 Å². The van der Waals surface area contributed by atoms with E-state index in [0.717, 1.165) is 17.8 Å². The predicted molar refractivity (Wildman–Crippen MR) is 63.4 cm³/mol. The third kappa shape index (κ3) is 2.73. The van der Waals surface area contributed by atoms with Crippen molar-refractivity contribution in [1.29, 1.82) is 0 Å². The lowest BCUT2D eigenvalue weighted by atomic mass is 9.85. The van der Waals surface area contributed by atoms with Crippen LogP contribution in [0.3, 0.4) is 0 Å². The molecule has 0 aromatic rings. The molecule has 4 unspecified atom stereocenters. The zero-order valence-electron chi connectivity index (χ0n) is 10.6. The van der Waals surface area contributed by atoms with E-state index in [9.17, 15) is 0 Å². The summed E-state index contributed by atoms with van der Waals surface area (Å²) in [4.78, 5) is 0. The molecule has 0 spiro atoms. The van der Waals surface area contributed by atoms with Crippen molar-refractivity contribution in [3.63, 3.8) is 0 Å². The lowest BCUT2D eigenvalue weighted by Crippen LogP contribution is -2.18. The molecule has 1 saturated carbocycles. The van der Waals surface area contributed by atoms with Crippen LogP contribution in [-0.2, 0) is 0 Å². The highest BCUT2D eigenvalue weighted by atomic mass is 14.8. The van der Waals surface area contributed by atoms with E-state index in [4.69, 9.17) is 0 Å². The van der Waals surface area contributed by atoms with Gasteiger partial charge in [0.2, 0.25) is 0 Å². The average Bonchev–Trinajstić information content (AvgIpc) is 2.73. The zero-order valence-corrected chi connectivity index (χ0v) is 10.6. The van der Waals surface area contributed by atoms with Crippen LogP contribution in [-0.4, -0.2) is 13.6 Å². The van der Waals surface area contributed by atoms with E-state index in [1.165, 1.54) is 25.8 Å². The van der Waals surface area contributed by atoms with Crippen LogP contribution in [0.5, 0.6) is 0 Å². The molecule has 1 fully saturated rings. The van der Waals surface area contributed by atoms with Gasteiger partial charge in [-0.15, -0.1) is 0 Å². The van der Waals surface area contributed by atoms with Crippen molar-refractivity contribution in [2.75, 3.05) is 13.6 Å². The van der Waals surface area contributed by atoms with Gasteiger partial charge in [-0.05, 0) is 56.0 Å². The van der Waals surface area contributed by atoms with E-state index in [1.807, 2.05) is 7.05 Å². The van der Waals surface area contributed by atoms with E-state index in [2.05, 4.69) is 33.0 Å². The van der Waals surface area contributed by atoms with E-state index in [1.54, 1.807) is 0 Å². The number of nitrogens with one attached hydrogen (secondary N) is 1. The molecular formula is C13H27N. The molecule has 1 rings (SSSR count). The molecule has 0 aromatic carbocycles. The van der Waals surface area contributed by atoms with Crippen LogP contribution in [0.15, 0.2) is 0 Å². The lowest BCUT2D eigenvalue weighted by Gasteiger charge is -2.21. The fraction of sp³-hybridized carbons (Fsp3) is 1.00. The monoisotopic (exact) mass is 197 g/mol. The van der Waals surface area contributed by atoms with Crippen LogP contribution < -0.4 is 5.32 Å². The van der Waals surface area contributed by atoms with Gasteiger partial charge < -0.3 is 5.32 Å². The minimum Gasteiger partial charge on any atom is -0.319 e. The fourth-order valence-corrected chi connectivity index (χ4v) is 2.60. The normalized spacial score (nSPS) is 35.4. The summed E-state index contributed by atoms with van der Waals surface area (Å²) >= 11 is 0. The van der Waals surface area contributed by atoms with Crippen molar-refractivity contribution >= 4 is 0 Å². The minimum atomic E-state index is 0.680. The van der Waals surface area contributed by atoms with E-state index >= 15 is 0 Å². The summed E-state index contributed by atoms with van der Waals surface area (Å²) in [5.41, 5.74) is 0.680. The summed E-state index contributed by atoms with van der Waals surface area (Å²) in [7, 11) is 2.05. The van der Waals surface area contributed by atoms with Crippen molar-refractivity contribution in [3.05, 3.63) is 0 Å². The average molecular weight is 197 g/mol. The minimum absolute atomic E-state index is 0.680. The van der Waals surface area contributed by atoms with Gasteiger partial charge in [0.05, 0.1) is 0 Å². The van der Waals surface area contributed by atoms with Gasteiger partial charge in [-0.2, -0.15) is 0 Å². The molecule has 4 atom stereocenters. The Labute approximate surface area is 89.7 Å². The van der Waals surface area contributed by atoms with Crippen LogP contribution >= 0.6 is 0 Å². The molecule has 0 aliphatic heterocycles. The van der Waals surface area contributed by atoms with Crippen molar-refractivity contribution < 1.29 is 0 Å². The van der Waals surface area contributed by atoms with E-state index < -0.39 is 0 Å². The fourth-order valence-electron chi connectivity index (χ4n) is 2.60. The third-order valence-electron chi connectivity index (χ3n) is 4.48. The van der Waals surface area contributed by atoms with Gasteiger partial charge in [0.25, 0.3) is 0 Å². The standard InChI is InChI=1S/C13H27N/c1-10(9-14-5)6-7-11(2)13(4)8-12(13)3/h10-12,14H,6-9H2,1-5H3. The predicted octanol–water partition coefficient (Wildman–Crippen LogP) is 3.30. The summed E-state index contributed by atoms with van der Waals surface area (Å²) in [6.07, 6.45) is 4.24. The van der Waals surface area contributed by atoms with Gasteiger partial charge in [-0.25, -0.2) is 0 Å². The van der Waals surface area contributed by atoms with Gasteiger partial charge in [-0.3, -0.25) is 0 Å². The van der Waals surface area contributed by atoms with Gasteiger partial charge in [0, 0.05) is 0 Å². The molecular weight excluding hydrogens is 170 g/mol. The molecule has 0 saturated heterocycles. The van der Waals surface area contributed by atoms with Crippen molar-refractivity contribution in [2.24, 2.45) is 23.2 Å². The lowest BCUT2D eigenvalue weighted by molar-refractivity contribution is 0.292. The number of hydrogen-bond acceptors (Lipinski definition) is 1. The summed E-state index contributed by atoms with van der Waals surface area (Å²) in [5, 5.41) is 3.25. The maximum atomic E-state index is 3.25. The molecule has 0 amide bonds. The molecule has 1 N–H and O–H groups in total. The van der Waals surface area contributed by atoms with Crippen molar-refractivity contribution in [3.8, 4) is 0 Å². The Balaban J connectivity index is 2.18. The Morgan fingerprint density at radius 3 is 2.36 bits per heavy atom. The maximum absolute atomic E-state index is 3.25. The molecule has 0 heterocycles. The highest BCUT2D eigenvalue weighted by Crippen LogP contribution is 2.58. The van der Waals surface area contributed by atoms with Gasteiger partial charge >= 0.3 is 0 Å². The first-order valence-corrected chi connectivity index (χ1v) is 6.15. The summed E-state index contributed by atoms with van der Waals surface area (Å²) in [5.74, 6) is 2.72. The SMILES string of the molecule is CNCC(C)CCC(C)C1(C)CC1C. The Bertz CT molecular complexity index is 178. The quantitative estimate of drug-likeness (QED) is 0.689. The largest absolute Gasteiger partial charge is 0.319 e. The molecule has 1 aliphatic rings. The summed E-state index contributed by atoms with van der Waals surface area (Å²) < 4.78 is 0. The Hall–Kier alpha value is -0.0400. The van der Waals surface area contributed by atoms with Crippen LogP contribution in [0.1, 0.15) is 47.0 Å². The van der Waals surface area contributed by atoms with Crippen LogP contribution in [0, 0.1) is 23.2 Å². The first kappa shape index (κ1) is 12.0. The van der Waals surface area contributed by atoms with E-state index in [0.29, 0.717) is 5.41 Å². The first-order chi connectivity index (χ1) is 6.50. The van der Waals surface area contributed by atoms with Crippen LogP contribution in [0.25, 0.3) is 0 Å². The Kier molecular flexibility index (Phi) is 4.00. The topological polar surface area (TPSA) is 12.0 Å². The molecule has 1 aliphatic carbocycles. The van der Waals surface area contributed by atoms with Gasteiger partial charge in [-0.1, -0.05) is 27.7 Å². The van der Waals surface area contributed by atoms with Crippen molar-refractivity contribution in [1.82, 2.24) is 5.32 Å². The molecule has 1 nitrogen and oxygen atoms in total. The van der Waals surface area contributed by atoms with Crippen LogP contribution in [0.2, 0.25) is 0 Å². The number of hydrogen-bond donors (Lipinski definition) is 1. The van der Waals surface area contributed by atoms with Crippen molar-refractivity contribution in [2.45, 2.75) is 47.0 Å². The third-order valence-corrected chi connectivity index (χ3v) is 4.48. The van der Waals surface area contributed by atoms with E-state index in [-0.39, 0.29) is 0 Å². The smallest absolute Gasteiger partial charge is 0.00262 e. The zero-order chi connectivity index (χ0) is 10.8. The molecule has 0 radical (unpaired) electrons. The highest BCUT2D eigenvalue weighted by molar-refractivity contribution is 4.99. The summed E-state index contributed by atoms with van der Waals surface area (Å²) in [6.45, 7) is 10.8. The Morgan fingerprint density at radius 2 is 1.93 bits per heavy atom. The molecule has 84 valence electrons. The second kappa shape index (κ2) is 4.65. The first-order valence-electron chi connectivity index (χ1n) is 6.15. The molecule has 0 aromatic heterocycles. The maximum Gasteiger partial charge on any atom is -0.00262 e. The molecule has 1 heteroatoms. The molecule has 0 bridgehead atoms. The van der Waals surface area contributed by atoms with Gasteiger partial charge in [0.1, 0.15) is 0 Å². The second-order valence-corrected chi connectivity index (χ2v) is 5.75.